The smallest absolute Gasteiger partial charge is 0.0964 e. The first-order chi connectivity index (χ1) is 5.20. The molecule has 0 fully saturated rings. The molecule has 0 aliphatic carbocycles. The van der Waals surface area contributed by atoms with Crippen LogP contribution in [0.2, 0.25) is 0 Å². The third kappa shape index (κ3) is 5.71. The van der Waals surface area contributed by atoms with Crippen LogP contribution in [0.4, 0.5) is 0 Å². The van der Waals surface area contributed by atoms with E-state index >= 15 is 0 Å². The van der Waals surface area contributed by atoms with Crippen LogP contribution in [0.1, 0.15) is 39.5 Å². The van der Waals surface area contributed by atoms with Gasteiger partial charge in [0.15, 0.2) is 0 Å². The van der Waals surface area contributed by atoms with Gasteiger partial charge in [-0.05, 0) is 12.8 Å². The van der Waals surface area contributed by atoms with Crippen molar-refractivity contribution in [3.05, 3.63) is 24.7 Å². The van der Waals surface area contributed by atoms with Gasteiger partial charge in [-0.3, -0.25) is 0 Å². The number of hydrogen-bond acceptors (Lipinski definition) is 1. The highest BCUT2D eigenvalue weighted by Crippen LogP contribution is 2.12. The topological polar surface area (TPSA) is 9.23 Å². The highest BCUT2D eigenvalue weighted by Gasteiger charge is 1.96. The Kier molecular flexibility index (Phi) is 5.63. The predicted molar refractivity (Wildman–Crippen MR) is 49.2 cm³/mol. The largest absolute Gasteiger partial charge is 0.467 e. The van der Waals surface area contributed by atoms with E-state index in [1.807, 2.05) is 0 Å². The molecule has 0 bridgehead atoms. The second-order valence-corrected chi connectivity index (χ2v) is 2.68. The molecule has 64 valence electrons. The zero-order valence-electron chi connectivity index (χ0n) is 7.65. The first-order valence-corrected chi connectivity index (χ1v) is 4.24. The summed E-state index contributed by atoms with van der Waals surface area (Å²) >= 11 is 0. The summed E-state index contributed by atoms with van der Waals surface area (Å²) in [6.45, 7) is 11.8. The van der Waals surface area contributed by atoms with E-state index in [2.05, 4.69) is 27.0 Å². The monoisotopic (exact) mass is 154 g/mol. The van der Waals surface area contributed by atoms with Crippen LogP contribution in [0.25, 0.3) is 0 Å². The molecule has 0 unspecified atom stereocenters. The molecule has 0 spiro atoms. The van der Waals surface area contributed by atoms with Gasteiger partial charge in [0.05, 0.1) is 11.5 Å². The van der Waals surface area contributed by atoms with Gasteiger partial charge in [-0.15, -0.1) is 0 Å². The SMILES string of the molecule is C=C(CCC)OC(=C)CCC. The molecule has 0 N–H and O–H groups in total. The van der Waals surface area contributed by atoms with Gasteiger partial charge in [0, 0.05) is 12.8 Å². The summed E-state index contributed by atoms with van der Waals surface area (Å²) < 4.78 is 5.34. The molecule has 0 atom stereocenters. The Bertz CT molecular complexity index is 120. The van der Waals surface area contributed by atoms with Crippen LogP contribution in [0.15, 0.2) is 24.7 Å². The summed E-state index contributed by atoms with van der Waals surface area (Å²) in [5.41, 5.74) is 0. The lowest BCUT2D eigenvalue weighted by Gasteiger charge is -2.08. The third-order valence-electron chi connectivity index (χ3n) is 1.35. The van der Waals surface area contributed by atoms with E-state index in [0.29, 0.717) is 0 Å². The molecule has 1 heteroatoms. The molecule has 0 saturated heterocycles. The summed E-state index contributed by atoms with van der Waals surface area (Å²) in [5, 5.41) is 0. The van der Waals surface area contributed by atoms with Gasteiger partial charge < -0.3 is 4.74 Å². The lowest BCUT2D eigenvalue weighted by Crippen LogP contribution is -1.90. The summed E-state index contributed by atoms with van der Waals surface area (Å²) in [6.07, 6.45) is 4.03. The molecule has 0 amide bonds. The Labute approximate surface area is 69.8 Å². The summed E-state index contributed by atoms with van der Waals surface area (Å²) in [7, 11) is 0. The molecular weight excluding hydrogens is 136 g/mol. The van der Waals surface area contributed by atoms with Gasteiger partial charge in [0.1, 0.15) is 0 Å². The molecule has 0 aliphatic heterocycles. The van der Waals surface area contributed by atoms with Gasteiger partial charge in [0.2, 0.25) is 0 Å². The van der Waals surface area contributed by atoms with Gasteiger partial charge in [0.25, 0.3) is 0 Å². The molecule has 0 rings (SSSR count). The van der Waals surface area contributed by atoms with Gasteiger partial charge in [-0.2, -0.15) is 0 Å². The Balaban J connectivity index is 3.49. The van der Waals surface area contributed by atoms with Crippen molar-refractivity contribution in [2.45, 2.75) is 39.5 Å². The Morgan fingerprint density at radius 2 is 1.36 bits per heavy atom. The molecule has 0 heterocycles. The van der Waals surface area contributed by atoms with Gasteiger partial charge >= 0.3 is 0 Å². The molecule has 1 nitrogen and oxygen atoms in total. The van der Waals surface area contributed by atoms with Crippen molar-refractivity contribution >= 4 is 0 Å². The molecule has 0 radical (unpaired) electrons. The van der Waals surface area contributed by atoms with Crippen LogP contribution < -0.4 is 0 Å². The van der Waals surface area contributed by atoms with E-state index in [0.717, 1.165) is 37.2 Å². The quantitative estimate of drug-likeness (QED) is 0.531. The number of ether oxygens (including phenoxy) is 1. The minimum atomic E-state index is 0.839. The van der Waals surface area contributed by atoms with E-state index in [9.17, 15) is 0 Å². The Morgan fingerprint density at radius 1 is 1.00 bits per heavy atom. The molecular formula is C10H18O. The molecule has 0 aromatic carbocycles. The van der Waals surface area contributed by atoms with E-state index in [1.165, 1.54) is 0 Å². The van der Waals surface area contributed by atoms with Crippen molar-refractivity contribution in [2.75, 3.05) is 0 Å². The number of allylic oxidation sites excluding steroid dienone is 2. The van der Waals surface area contributed by atoms with Crippen LogP contribution in [0.5, 0.6) is 0 Å². The lowest BCUT2D eigenvalue weighted by atomic mass is 10.3. The average molecular weight is 154 g/mol. The second-order valence-electron chi connectivity index (χ2n) is 2.68. The van der Waals surface area contributed by atoms with Crippen molar-refractivity contribution in [1.29, 1.82) is 0 Å². The van der Waals surface area contributed by atoms with Crippen LogP contribution in [-0.4, -0.2) is 0 Å². The Hall–Kier alpha value is -0.720. The zero-order chi connectivity index (χ0) is 8.69. The average Bonchev–Trinajstić information content (AvgIpc) is 1.87. The maximum atomic E-state index is 5.34. The fraction of sp³-hybridized carbons (Fsp3) is 0.600. The van der Waals surface area contributed by atoms with E-state index in [1.54, 1.807) is 0 Å². The van der Waals surface area contributed by atoms with E-state index in [-0.39, 0.29) is 0 Å². The van der Waals surface area contributed by atoms with Crippen molar-refractivity contribution in [3.8, 4) is 0 Å². The maximum Gasteiger partial charge on any atom is 0.0964 e. The van der Waals surface area contributed by atoms with Crippen molar-refractivity contribution < 1.29 is 4.74 Å². The van der Waals surface area contributed by atoms with Crippen molar-refractivity contribution in [1.82, 2.24) is 0 Å². The van der Waals surface area contributed by atoms with E-state index in [4.69, 9.17) is 4.74 Å². The summed E-state index contributed by atoms with van der Waals surface area (Å²) in [6, 6.07) is 0. The third-order valence-corrected chi connectivity index (χ3v) is 1.35. The fourth-order valence-electron chi connectivity index (χ4n) is 0.864. The molecule has 0 aromatic heterocycles. The van der Waals surface area contributed by atoms with Crippen molar-refractivity contribution in [3.63, 3.8) is 0 Å². The van der Waals surface area contributed by atoms with Crippen LogP contribution in [-0.2, 0) is 4.74 Å². The molecule has 0 aliphatic rings. The maximum absolute atomic E-state index is 5.34. The number of hydrogen-bond donors (Lipinski definition) is 0. The Morgan fingerprint density at radius 3 is 1.64 bits per heavy atom. The minimum absolute atomic E-state index is 0.839. The molecule has 0 aromatic rings. The number of rotatable bonds is 6. The van der Waals surface area contributed by atoms with Crippen LogP contribution in [0, 0.1) is 0 Å². The summed E-state index contributed by atoms with van der Waals surface area (Å²) in [4.78, 5) is 0. The lowest BCUT2D eigenvalue weighted by molar-refractivity contribution is 0.279. The van der Waals surface area contributed by atoms with Crippen LogP contribution in [0.3, 0.4) is 0 Å². The highest BCUT2D eigenvalue weighted by atomic mass is 16.5. The van der Waals surface area contributed by atoms with E-state index < -0.39 is 0 Å². The summed E-state index contributed by atoms with van der Waals surface area (Å²) in [5.74, 6) is 1.68. The van der Waals surface area contributed by atoms with Crippen molar-refractivity contribution in [2.24, 2.45) is 0 Å². The fourth-order valence-corrected chi connectivity index (χ4v) is 0.864. The molecule has 11 heavy (non-hydrogen) atoms. The normalized spacial score (nSPS) is 9.27. The second kappa shape index (κ2) is 6.02. The predicted octanol–water partition coefficient (Wildman–Crippen LogP) is 3.63. The van der Waals surface area contributed by atoms with Gasteiger partial charge in [-0.25, -0.2) is 0 Å². The molecule has 0 saturated carbocycles. The standard InChI is InChI=1S/C10H18O/c1-5-7-9(3)11-10(4)8-6-2/h3-8H2,1-2H3. The van der Waals surface area contributed by atoms with Crippen LogP contribution >= 0.6 is 0 Å². The highest BCUT2D eigenvalue weighted by molar-refractivity contribution is 4.92. The zero-order valence-corrected chi connectivity index (χ0v) is 7.65. The van der Waals surface area contributed by atoms with Gasteiger partial charge in [-0.1, -0.05) is 27.0 Å². The first-order valence-electron chi connectivity index (χ1n) is 4.24. The first kappa shape index (κ1) is 10.3. The minimum Gasteiger partial charge on any atom is -0.467 e.